The van der Waals surface area contributed by atoms with Crippen molar-refractivity contribution >= 4 is 11.8 Å². The van der Waals surface area contributed by atoms with Crippen LogP contribution in [0.15, 0.2) is 24.5 Å². The molecule has 0 spiro atoms. The summed E-state index contributed by atoms with van der Waals surface area (Å²) < 4.78 is 5.30. The van der Waals surface area contributed by atoms with Crippen molar-refractivity contribution in [3.8, 4) is 0 Å². The molecule has 1 fully saturated rings. The lowest BCUT2D eigenvalue weighted by Crippen LogP contribution is -2.45. The molecule has 1 N–H and O–H groups in total. The summed E-state index contributed by atoms with van der Waals surface area (Å²) in [6.07, 6.45) is 3.40. The van der Waals surface area contributed by atoms with Gasteiger partial charge >= 0.3 is 0 Å². The number of ether oxygens (including phenoxy) is 1. The van der Waals surface area contributed by atoms with Gasteiger partial charge in [-0.3, -0.25) is 19.5 Å². The maximum Gasteiger partial charge on any atom is 0.239 e. The average Bonchev–Trinajstić information content (AvgIpc) is 2.58. The first-order chi connectivity index (χ1) is 11.1. The van der Waals surface area contributed by atoms with Crippen molar-refractivity contribution in [2.45, 2.75) is 13.5 Å². The zero-order valence-electron chi connectivity index (χ0n) is 13.5. The third-order valence-electron chi connectivity index (χ3n) is 3.78. The summed E-state index contributed by atoms with van der Waals surface area (Å²) >= 11 is 0. The van der Waals surface area contributed by atoms with Crippen LogP contribution in [0.4, 0.5) is 0 Å². The number of hydrogen-bond acceptors (Lipinski definition) is 5. The molecule has 1 aliphatic heterocycles. The van der Waals surface area contributed by atoms with Gasteiger partial charge in [0.05, 0.1) is 19.8 Å². The molecule has 7 heteroatoms. The van der Waals surface area contributed by atoms with E-state index in [0.29, 0.717) is 13.1 Å². The van der Waals surface area contributed by atoms with E-state index in [1.165, 1.54) is 6.92 Å². The zero-order chi connectivity index (χ0) is 16.5. The van der Waals surface area contributed by atoms with Gasteiger partial charge in [0.1, 0.15) is 0 Å². The highest BCUT2D eigenvalue weighted by Crippen LogP contribution is 1.99. The molecule has 0 unspecified atom stereocenters. The first kappa shape index (κ1) is 17.4. The number of rotatable bonds is 7. The Bertz CT molecular complexity index is 503. The Balaban J connectivity index is 1.74. The lowest BCUT2D eigenvalue weighted by molar-refractivity contribution is -0.134. The Morgan fingerprint density at radius 1 is 1.39 bits per heavy atom. The van der Waals surface area contributed by atoms with Crippen LogP contribution in [0.2, 0.25) is 0 Å². The number of nitrogens with zero attached hydrogens (tertiary/aromatic N) is 3. The summed E-state index contributed by atoms with van der Waals surface area (Å²) in [6, 6.07) is 3.72. The average molecular weight is 320 g/mol. The molecular formula is C16H24N4O3. The normalized spacial score (nSPS) is 15.2. The first-order valence-electron chi connectivity index (χ1n) is 7.86. The fraction of sp³-hybridized carbons (Fsp3) is 0.562. The van der Waals surface area contributed by atoms with Crippen molar-refractivity contribution in [3.63, 3.8) is 0 Å². The van der Waals surface area contributed by atoms with Crippen LogP contribution >= 0.6 is 0 Å². The lowest BCUT2D eigenvalue weighted by Gasteiger charge is -2.29. The van der Waals surface area contributed by atoms with E-state index >= 15 is 0 Å². The van der Waals surface area contributed by atoms with Crippen molar-refractivity contribution in [2.75, 3.05) is 45.9 Å². The van der Waals surface area contributed by atoms with Gasteiger partial charge < -0.3 is 15.0 Å². The summed E-state index contributed by atoms with van der Waals surface area (Å²) in [7, 11) is 0. The predicted octanol–water partition coefficient (Wildman–Crippen LogP) is -0.121. The molecule has 126 valence electrons. The van der Waals surface area contributed by atoms with Gasteiger partial charge in [-0.25, -0.2) is 0 Å². The Morgan fingerprint density at radius 3 is 2.83 bits per heavy atom. The van der Waals surface area contributed by atoms with Crippen LogP contribution in [0.3, 0.4) is 0 Å². The number of aromatic nitrogens is 1. The van der Waals surface area contributed by atoms with Crippen molar-refractivity contribution in [1.29, 1.82) is 0 Å². The highest BCUT2D eigenvalue weighted by molar-refractivity contribution is 5.83. The molecule has 2 amide bonds. The smallest absolute Gasteiger partial charge is 0.239 e. The second-order valence-corrected chi connectivity index (χ2v) is 5.53. The van der Waals surface area contributed by atoms with Gasteiger partial charge in [-0.1, -0.05) is 6.07 Å². The van der Waals surface area contributed by atoms with Crippen molar-refractivity contribution in [1.82, 2.24) is 20.1 Å². The SMILES string of the molecule is CC(=O)N(CCN1CCOCC1)CC(=O)NCc1cccnc1. The number of carbonyl (C=O) groups is 2. The van der Waals surface area contributed by atoms with Gasteiger partial charge in [-0.15, -0.1) is 0 Å². The topological polar surface area (TPSA) is 74.8 Å². The number of nitrogens with one attached hydrogen (secondary N) is 1. The Hall–Kier alpha value is -1.99. The van der Waals surface area contributed by atoms with Gasteiger partial charge in [0.15, 0.2) is 0 Å². The van der Waals surface area contributed by atoms with E-state index in [2.05, 4.69) is 15.2 Å². The van der Waals surface area contributed by atoms with Crippen molar-refractivity contribution in [3.05, 3.63) is 30.1 Å². The lowest BCUT2D eigenvalue weighted by atomic mass is 10.3. The van der Waals surface area contributed by atoms with Crippen LogP contribution in [0.25, 0.3) is 0 Å². The van der Waals surface area contributed by atoms with E-state index in [9.17, 15) is 9.59 Å². The van der Waals surface area contributed by atoms with Crippen LogP contribution in [-0.4, -0.2) is 72.5 Å². The third-order valence-corrected chi connectivity index (χ3v) is 3.78. The molecule has 0 atom stereocenters. The molecule has 0 aromatic carbocycles. The van der Waals surface area contributed by atoms with E-state index in [1.54, 1.807) is 17.3 Å². The minimum Gasteiger partial charge on any atom is -0.379 e. The highest BCUT2D eigenvalue weighted by atomic mass is 16.5. The standard InChI is InChI=1S/C16H24N4O3/c1-14(21)20(6-5-19-7-9-23-10-8-19)13-16(22)18-12-15-3-2-4-17-11-15/h2-4,11H,5-10,12-13H2,1H3,(H,18,22). The Morgan fingerprint density at radius 2 is 2.17 bits per heavy atom. The molecule has 0 saturated carbocycles. The fourth-order valence-electron chi connectivity index (χ4n) is 2.37. The summed E-state index contributed by atoms with van der Waals surface area (Å²) in [5.41, 5.74) is 0.934. The number of hydrogen-bond donors (Lipinski definition) is 1. The van der Waals surface area contributed by atoms with Gasteiger partial charge in [-0.05, 0) is 11.6 Å². The summed E-state index contributed by atoms with van der Waals surface area (Å²) in [4.78, 5) is 31.6. The Labute approximate surface area is 136 Å². The Kier molecular flexibility index (Phi) is 6.96. The van der Waals surface area contributed by atoms with E-state index in [0.717, 1.165) is 38.4 Å². The fourth-order valence-corrected chi connectivity index (χ4v) is 2.37. The number of carbonyl (C=O) groups excluding carboxylic acids is 2. The van der Waals surface area contributed by atoms with Crippen molar-refractivity contribution in [2.24, 2.45) is 0 Å². The van der Waals surface area contributed by atoms with Crippen LogP contribution in [0.1, 0.15) is 12.5 Å². The summed E-state index contributed by atoms with van der Waals surface area (Å²) in [5, 5.41) is 2.82. The maximum absolute atomic E-state index is 12.0. The number of pyridine rings is 1. The maximum atomic E-state index is 12.0. The number of morpholine rings is 1. The molecule has 0 aliphatic carbocycles. The van der Waals surface area contributed by atoms with E-state index in [4.69, 9.17) is 4.74 Å². The zero-order valence-corrected chi connectivity index (χ0v) is 13.5. The quantitative estimate of drug-likeness (QED) is 0.758. The van der Waals surface area contributed by atoms with Crippen LogP contribution in [-0.2, 0) is 20.9 Å². The minimum absolute atomic E-state index is 0.0833. The second-order valence-electron chi connectivity index (χ2n) is 5.53. The monoisotopic (exact) mass is 320 g/mol. The molecule has 1 aromatic heterocycles. The van der Waals surface area contributed by atoms with Gasteiger partial charge in [-0.2, -0.15) is 0 Å². The predicted molar refractivity (Wildman–Crippen MR) is 85.6 cm³/mol. The van der Waals surface area contributed by atoms with Crippen LogP contribution < -0.4 is 5.32 Å². The molecule has 7 nitrogen and oxygen atoms in total. The molecule has 1 saturated heterocycles. The largest absolute Gasteiger partial charge is 0.379 e. The van der Waals surface area contributed by atoms with E-state index in [-0.39, 0.29) is 18.4 Å². The second kappa shape index (κ2) is 9.22. The van der Waals surface area contributed by atoms with Gasteiger partial charge in [0.25, 0.3) is 0 Å². The summed E-state index contributed by atoms with van der Waals surface area (Å²) in [5.74, 6) is -0.249. The molecule has 2 rings (SSSR count). The molecular weight excluding hydrogens is 296 g/mol. The van der Waals surface area contributed by atoms with Crippen molar-refractivity contribution < 1.29 is 14.3 Å². The van der Waals surface area contributed by atoms with Gasteiger partial charge in [0, 0.05) is 52.0 Å². The summed E-state index contributed by atoms with van der Waals surface area (Å²) in [6.45, 7) is 6.51. The number of amides is 2. The molecule has 1 aliphatic rings. The van der Waals surface area contributed by atoms with Gasteiger partial charge in [0.2, 0.25) is 11.8 Å². The van der Waals surface area contributed by atoms with Crippen LogP contribution in [0, 0.1) is 0 Å². The van der Waals surface area contributed by atoms with Crippen LogP contribution in [0.5, 0.6) is 0 Å². The molecule has 23 heavy (non-hydrogen) atoms. The molecule has 2 heterocycles. The van der Waals surface area contributed by atoms with E-state index in [1.807, 2.05) is 12.1 Å². The molecule has 1 aromatic rings. The van der Waals surface area contributed by atoms with E-state index < -0.39 is 0 Å². The minimum atomic E-state index is -0.161. The first-order valence-corrected chi connectivity index (χ1v) is 7.86. The molecule has 0 bridgehead atoms. The highest BCUT2D eigenvalue weighted by Gasteiger charge is 2.16. The third kappa shape index (κ3) is 6.33. The molecule has 0 radical (unpaired) electrons.